The zero-order valence-electron chi connectivity index (χ0n) is 14.0. The fraction of sp³-hybridized carbons (Fsp3) is 0.300. The quantitative estimate of drug-likeness (QED) is 0.588. The number of aromatic nitrogens is 2. The number of rotatable bonds is 2. The fourth-order valence-electron chi connectivity index (χ4n) is 3.56. The van der Waals surface area contributed by atoms with Crippen LogP contribution in [0.15, 0.2) is 47.3 Å². The number of halogens is 1. The summed E-state index contributed by atoms with van der Waals surface area (Å²) in [7, 11) is 0. The lowest BCUT2D eigenvalue weighted by Crippen LogP contribution is -2.24. The minimum atomic E-state index is -0.143. The molecule has 2 aromatic carbocycles. The standard InChI is InChI=1S/C20H20IN3O/c21-17-13-14(9-10-18(17)24-11-5-1-2-6-12-24)19-15-7-3-4-8-16(15)20(25)23-22-19/h3-4,7-10,13H,1-2,5-6,11-12H2,(H,23,25). The molecule has 1 saturated heterocycles. The lowest BCUT2D eigenvalue weighted by molar-refractivity contribution is 0.726. The van der Waals surface area contributed by atoms with Crippen molar-refractivity contribution >= 4 is 39.1 Å². The molecule has 25 heavy (non-hydrogen) atoms. The predicted octanol–water partition coefficient (Wildman–Crippen LogP) is 4.58. The van der Waals surface area contributed by atoms with E-state index in [1.54, 1.807) is 0 Å². The second-order valence-electron chi connectivity index (χ2n) is 6.51. The number of benzene rings is 2. The molecule has 0 atom stereocenters. The normalized spacial score (nSPS) is 15.3. The molecule has 3 aromatic rings. The van der Waals surface area contributed by atoms with Crippen molar-refractivity contribution in [3.05, 3.63) is 56.4 Å². The molecule has 1 fully saturated rings. The van der Waals surface area contributed by atoms with Crippen molar-refractivity contribution in [1.82, 2.24) is 10.2 Å². The van der Waals surface area contributed by atoms with E-state index >= 15 is 0 Å². The van der Waals surface area contributed by atoms with Gasteiger partial charge in [-0.1, -0.05) is 37.1 Å². The van der Waals surface area contributed by atoms with Crippen molar-refractivity contribution < 1.29 is 0 Å². The van der Waals surface area contributed by atoms with Gasteiger partial charge < -0.3 is 4.90 Å². The summed E-state index contributed by atoms with van der Waals surface area (Å²) in [6.07, 6.45) is 5.20. The third-order valence-corrected chi connectivity index (χ3v) is 5.73. The maximum atomic E-state index is 12.0. The topological polar surface area (TPSA) is 49.0 Å². The lowest BCUT2D eigenvalue weighted by atomic mass is 10.0. The number of nitrogens with zero attached hydrogens (tertiary/aromatic N) is 2. The third-order valence-electron chi connectivity index (χ3n) is 4.86. The molecular formula is C20H20IN3O. The van der Waals surface area contributed by atoms with Gasteiger partial charge in [0.05, 0.1) is 16.8 Å². The van der Waals surface area contributed by atoms with Crippen LogP contribution in [0.25, 0.3) is 22.0 Å². The van der Waals surface area contributed by atoms with Crippen molar-refractivity contribution in [2.24, 2.45) is 0 Å². The molecule has 0 radical (unpaired) electrons. The molecule has 0 aliphatic carbocycles. The van der Waals surface area contributed by atoms with Gasteiger partial charge in [0.2, 0.25) is 0 Å². The Hall–Kier alpha value is -1.89. The number of aromatic amines is 1. The van der Waals surface area contributed by atoms with Gasteiger partial charge in [-0.15, -0.1) is 0 Å². The molecule has 1 aromatic heterocycles. The molecule has 1 aliphatic rings. The fourth-order valence-corrected chi connectivity index (χ4v) is 4.41. The third kappa shape index (κ3) is 3.29. The number of hydrogen-bond donors (Lipinski definition) is 1. The number of hydrogen-bond acceptors (Lipinski definition) is 3. The molecule has 0 unspecified atom stereocenters. The molecule has 1 N–H and O–H groups in total. The zero-order valence-corrected chi connectivity index (χ0v) is 16.1. The van der Waals surface area contributed by atoms with Crippen molar-refractivity contribution in [2.75, 3.05) is 18.0 Å². The van der Waals surface area contributed by atoms with Crippen LogP contribution < -0.4 is 10.5 Å². The Kier molecular flexibility index (Phi) is 4.74. The van der Waals surface area contributed by atoms with Gasteiger partial charge in [-0.3, -0.25) is 4.79 Å². The first-order valence-electron chi connectivity index (χ1n) is 8.76. The summed E-state index contributed by atoms with van der Waals surface area (Å²) in [5, 5.41) is 8.52. The smallest absolute Gasteiger partial charge is 0.272 e. The molecule has 4 rings (SSSR count). The summed E-state index contributed by atoms with van der Waals surface area (Å²) in [5.41, 5.74) is 3.03. The summed E-state index contributed by atoms with van der Waals surface area (Å²) < 4.78 is 1.23. The predicted molar refractivity (Wildman–Crippen MR) is 111 cm³/mol. The van der Waals surface area contributed by atoms with Crippen molar-refractivity contribution in [1.29, 1.82) is 0 Å². The van der Waals surface area contributed by atoms with Crippen molar-refractivity contribution in [2.45, 2.75) is 25.7 Å². The molecule has 0 bridgehead atoms. The highest BCUT2D eigenvalue weighted by Gasteiger charge is 2.15. The Bertz CT molecular complexity index is 959. The highest BCUT2D eigenvalue weighted by atomic mass is 127. The Morgan fingerprint density at radius 2 is 1.68 bits per heavy atom. The highest BCUT2D eigenvalue weighted by Crippen LogP contribution is 2.31. The number of nitrogens with one attached hydrogen (secondary N) is 1. The van der Waals surface area contributed by atoms with Crippen LogP contribution in [-0.2, 0) is 0 Å². The molecule has 1 aliphatic heterocycles. The van der Waals surface area contributed by atoms with E-state index in [-0.39, 0.29) is 5.56 Å². The van der Waals surface area contributed by atoms with E-state index in [2.05, 4.69) is 55.9 Å². The molecule has 0 spiro atoms. The lowest BCUT2D eigenvalue weighted by Gasteiger charge is -2.24. The van der Waals surface area contributed by atoms with Crippen LogP contribution in [0.2, 0.25) is 0 Å². The molecule has 4 nitrogen and oxygen atoms in total. The van der Waals surface area contributed by atoms with Crippen LogP contribution >= 0.6 is 22.6 Å². The zero-order chi connectivity index (χ0) is 17.2. The Labute approximate surface area is 160 Å². The van der Waals surface area contributed by atoms with Crippen molar-refractivity contribution in [3.8, 4) is 11.3 Å². The summed E-state index contributed by atoms with van der Waals surface area (Å²) in [6.45, 7) is 2.27. The van der Waals surface area contributed by atoms with Crippen LogP contribution in [0.1, 0.15) is 25.7 Å². The Balaban J connectivity index is 1.76. The first-order chi connectivity index (χ1) is 12.2. The van der Waals surface area contributed by atoms with E-state index in [1.165, 1.54) is 34.9 Å². The summed E-state index contributed by atoms with van der Waals surface area (Å²) in [5.74, 6) is 0. The molecule has 0 saturated carbocycles. The Morgan fingerprint density at radius 3 is 2.40 bits per heavy atom. The van der Waals surface area contributed by atoms with Gasteiger partial charge in [0.15, 0.2) is 0 Å². The minimum absolute atomic E-state index is 0.143. The maximum absolute atomic E-state index is 12.0. The minimum Gasteiger partial charge on any atom is -0.371 e. The van der Waals surface area contributed by atoms with E-state index in [0.717, 1.165) is 29.7 Å². The van der Waals surface area contributed by atoms with E-state index in [9.17, 15) is 4.79 Å². The van der Waals surface area contributed by atoms with Crippen molar-refractivity contribution in [3.63, 3.8) is 0 Å². The van der Waals surface area contributed by atoms with Crippen LogP contribution in [0.5, 0.6) is 0 Å². The van der Waals surface area contributed by atoms with Crippen LogP contribution in [0, 0.1) is 3.57 Å². The van der Waals surface area contributed by atoms with Crippen LogP contribution in [0.4, 0.5) is 5.69 Å². The molecule has 128 valence electrons. The molecule has 0 amide bonds. The van der Waals surface area contributed by atoms with Gasteiger partial charge in [-0.25, -0.2) is 5.10 Å². The Morgan fingerprint density at radius 1 is 0.960 bits per heavy atom. The SMILES string of the molecule is O=c1[nH]nc(-c2ccc(N3CCCCCC3)c(I)c2)c2ccccc12. The first kappa shape index (κ1) is 16.6. The summed E-state index contributed by atoms with van der Waals surface area (Å²) >= 11 is 2.42. The number of fused-ring (bicyclic) bond motifs is 1. The van der Waals surface area contributed by atoms with Gasteiger partial charge in [0.1, 0.15) is 0 Å². The van der Waals surface area contributed by atoms with E-state index < -0.39 is 0 Å². The number of H-pyrrole nitrogens is 1. The summed E-state index contributed by atoms with van der Waals surface area (Å²) in [6, 6.07) is 14.1. The van der Waals surface area contributed by atoms with E-state index in [0.29, 0.717) is 5.39 Å². The van der Waals surface area contributed by atoms with Crippen LogP contribution in [-0.4, -0.2) is 23.3 Å². The average molecular weight is 445 g/mol. The van der Waals surface area contributed by atoms with E-state index in [1.807, 2.05) is 24.3 Å². The van der Waals surface area contributed by atoms with Gasteiger partial charge >= 0.3 is 0 Å². The first-order valence-corrected chi connectivity index (χ1v) is 9.84. The summed E-state index contributed by atoms with van der Waals surface area (Å²) in [4.78, 5) is 14.5. The highest BCUT2D eigenvalue weighted by molar-refractivity contribution is 14.1. The second kappa shape index (κ2) is 7.15. The number of anilines is 1. The van der Waals surface area contributed by atoms with Gasteiger partial charge in [-0.2, -0.15) is 5.10 Å². The maximum Gasteiger partial charge on any atom is 0.272 e. The average Bonchev–Trinajstić information content (AvgIpc) is 2.91. The van der Waals surface area contributed by atoms with E-state index in [4.69, 9.17) is 0 Å². The largest absolute Gasteiger partial charge is 0.371 e. The molecule has 5 heteroatoms. The molecular weight excluding hydrogens is 425 g/mol. The molecule has 2 heterocycles. The van der Waals surface area contributed by atoms with Gasteiger partial charge in [-0.05, 0) is 53.6 Å². The van der Waals surface area contributed by atoms with Gasteiger partial charge in [0.25, 0.3) is 5.56 Å². The van der Waals surface area contributed by atoms with Gasteiger partial charge in [0, 0.05) is 27.6 Å². The second-order valence-corrected chi connectivity index (χ2v) is 7.68. The van der Waals surface area contributed by atoms with Crippen LogP contribution in [0.3, 0.4) is 0 Å². The monoisotopic (exact) mass is 445 g/mol.